The number of amidine groups is 1. The Morgan fingerprint density at radius 2 is 2.18 bits per heavy atom. The maximum atomic E-state index is 8.38. The van der Waals surface area contributed by atoms with Crippen molar-refractivity contribution < 1.29 is 9.94 Å². The molecule has 0 spiro atoms. The summed E-state index contributed by atoms with van der Waals surface area (Å²) in [5.41, 5.74) is 7.90. The number of oxime groups is 1. The van der Waals surface area contributed by atoms with E-state index in [0.717, 1.165) is 5.75 Å². The minimum atomic E-state index is 0.181. The molecule has 0 aliphatic carbocycles. The molecule has 0 aromatic heterocycles. The molecule has 0 atom stereocenters. The van der Waals surface area contributed by atoms with Crippen LogP contribution < -0.4 is 10.5 Å². The lowest BCUT2D eigenvalue weighted by molar-refractivity contribution is 0.305. The van der Waals surface area contributed by atoms with Crippen LogP contribution in [0.3, 0.4) is 0 Å². The van der Waals surface area contributed by atoms with Crippen molar-refractivity contribution in [1.82, 2.24) is 0 Å². The molecule has 0 unspecified atom stereocenters. The molecule has 0 amide bonds. The third-order valence-electron chi connectivity index (χ3n) is 2.62. The first-order chi connectivity index (χ1) is 8.04. The number of nitrogens with two attached hydrogens (primary N) is 1. The number of benzene rings is 1. The zero-order valence-electron chi connectivity index (χ0n) is 10.6. The molecule has 3 N–H and O–H groups in total. The van der Waals surface area contributed by atoms with Crippen LogP contribution >= 0.6 is 0 Å². The smallest absolute Gasteiger partial charge is 0.142 e. The first kappa shape index (κ1) is 13.4. The number of nitrogens with zero attached hydrogens (tertiary/aromatic N) is 1. The van der Waals surface area contributed by atoms with E-state index in [9.17, 15) is 0 Å². The summed E-state index contributed by atoms with van der Waals surface area (Å²) in [6.45, 7) is 6.82. The van der Waals surface area contributed by atoms with Gasteiger partial charge in [0.15, 0.2) is 0 Å². The first-order valence-electron chi connectivity index (χ1n) is 5.74. The fraction of sp³-hybridized carbons (Fsp3) is 0.462. The number of aryl methyl sites for hydroxylation is 1. The Bertz CT molecular complexity index is 400. The molecular weight excluding hydrogens is 216 g/mol. The van der Waals surface area contributed by atoms with Gasteiger partial charge >= 0.3 is 0 Å². The van der Waals surface area contributed by atoms with E-state index >= 15 is 0 Å². The number of ether oxygens (including phenoxy) is 1. The van der Waals surface area contributed by atoms with Crippen LogP contribution in [-0.2, 0) is 0 Å². The van der Waals surface area contributed by atoms with Crippen LogP contribution in [0.1, 0.15) is 37.3 Å². The van der Waals surface area contributed by atoms with E-state index < -0.39 is 0 Å². The summed E-state index contributed by atoms with van der Waals surface area (Å²) in [5, 5.41) is 11.3. The van der Waals surface area contributed by atoms with Crippen molar-refractivity contribution >= 4 is 5.84 Å². The number of hydrogen-bond donors (Lipinski definition) is 2. The Labute approximate surface area is 102 Å². The molecule has 0 heterocycles. The minimum Gasteiger partial charge on any atom is -0.493 e. The zero-order chi connectivity index (χ0) is 12.8. The lowest BCUT2D eigenvalue weighted by Gasteiger charge is -2.12. The second kappa shape index (κ2) is 6.13. The highest BCUT2D eigenvalue weighted by molar-refractivity contribution is 5.79. The summed E-state index contributed by atoms with van der Waals surface area (Å²) in [6.07, 6.45) is 0.418. The molecule has 0 aliphatic heterocycles. The molecule has 0 fully saturated rings. The molecule has 0 bridgehead atoms. The van der Waals surface area contributed by atoms with Crippen molar-refractivity contribution in [3.8, 4) is 5.75 Å². The molecule has 17 heavy (non-hydrogen) atoms. The van der Waals surface area contributed by atoms with E-state index in [0.29, 0.717) is 18.9 Å². The summed E-state index contributed by atoms with van der Waals surface area (Å²) in [7, 11) is 0. The molecule has 4 heteroatoms. The lowest BCUT2D eigenvalue weighted by Crippen LogP contribution is -2.15. The molecule has 4 nitrogen and oxygen atoms in total. The molecule has 0 aliphatic rings. The van der Waals surface area contributed by atoms with Crippen LogP contribution in [-0.4, -0.2) is 17.6 Å². The van der Waals surface area contributed by atoms with Crippen LogP contribution in [0.5, 0.6) is 5.75 Å². The van der Waals surface area contributed by atoms with E-state index in [-0.39, 0.29) is 5.84 Å². The van der Waals surface area contributed by atoms with Crippen LogP contribution in [0.4, 0.5) is 0 Å². The number of hydrogen-bond acceptors (Lipinski definition) is 3. The van der Waals surface area contributed by atoms with Gasteiger partial charge in [0.1, 0.15) is 11.6 Å². The molecule has 0 radical (unpaired) electrons. The normalized spacial score (nSPS) is 11.9. The fourth-order valence-electron chi connectivity index (χ4n) is 1.71. The molecule has 1 aromatic rings. The van der Waals surface area contributed by atoms with Gasteiger partial charge in [-0.3, -0.25) is 0 Å². The molecule has 1 rings (SSSR count). The molecule has 1 aromatic carbocycles. The van der Waals surface area contributed by atoms with E-state index in [2.05, 4.69) is 32.0 Å². The van der Waals surface area contributed by atoms with Crippen LogP contribution in [0.15, 0.2) is 23.4 Å². The largest absolute Gasteiger partial charge is 0.493 e. The van der Waals surface area contributed by atoms with Crippen molar-refractivity contribution in [2.45, 2.75) is 33.1 Å². The predicted octanol–water partition coefficient (Wildman–Crippen LogP) is 2.63. The topological polar surface area (TPSA) is 67.8 Å². The highest BCUT2D eigenvalue weighted by Gasteiger charge is 2.04. The molecular formula is C13H20N2O2. The van der Waals surface area contributed by atoms with Crippen molar-refractivity contribution in [3.05, 3.63) is 29.3 Å². The monoisotopic (exact) mass is 236 g/mol. The van der Waals surface area contributed by atoms with Crippen molar-refractivity contribution in [1.29, 1.82) is 0 Å². The Balaban J connectivity index is 2.59. The predicted molar refractivity (Wildman–Crippen MR) is 68.8 cm³/mol. The summed E-state index contributed by atoms with van der Waals surface area (Å²) in [4.78, 5) is 0. The third-order valence-corrected chi connectivity index (χ3v) is 2.62. The standard InChI is InChI=1S/C13H20N2O2/c1-9(2)12-5-4-11(8-10(12)3)17-7-6-13(14)15-16/h4-5,8-9,16H,6-7H2,1-3H3,(H2,14,15). The average molecular weight is 236 g/mol. The number of rotatable bonds is 5. The Hall–Kier alpha value is -1.71. The van der Waals surface area contributed by atoms with Crippen LogP contribution in [0, 0.1) is 6.92 Å². The average Bonchev–Trinajstić information content (AvgIpc) is 2.28. The quantitative estimate of drug-likeness (QED) is 0.357. The zero-order valence-corrected chi connectivity index (χ0v) is 10.6. The molecule has 94 valence electrons. The maximum absolute atomic E-state index is 8.38. The first-order valence-corrected chi connectivity index (χ1v) is 5.74. The second-order valence-corrected chi connectivity index (χ2v) is 4.36. The Kier molecular flexibility index (Phi) is 4.82. The summed E-state index contributed by atoms with van der Waals surface area (Å²) >= 11 is 0. The maximum Gasteiger partial charge on any atom is 0.142 e. The summed E-state index contributed by atoms with van der Waals surface area (Å²) in [5.74, 6) is 1.51. The van der Waals surface area contributed by atoms with Gasteiger partial charge in [0, 0.05) is 6.42 Å². The fourth-order valence-corrected chi connectivity index (χ4v) is 1.71. The van der Waals surface area contributed by atoms with E-state index in [4.69, 9.17) is 15.7 Å². The van der Waals surface area contributed by atoms with Gasteiger partial charge in [0.05, 0.1) is 6.61 Å². The molecule has 0 saturated carbocycles. The minimum absolute atomic E-state index is 0.181. The van der Waals surface area contributed by atoms with Gasteiger partial charge in [-0.2, -0.15) is 0 Å². The van der Waals surface area contributed by atoms with E-state index in [1.807, 2.05) is 12.1 Å². The van der Waals surface area contributed by atoms with Crippen molar-refractivity contribution in [3.63, 3.8) is 0 Å². The van der Waals surface area contributed by atoms with Crippen molar-refractivity contribution in [2.24, 2.45) is 10.9 Å². The Morgan fingerprint density at radius 3 is 2.71 bits per heavy atom. The van der Waals surface area contributed by atoms with Gasteiger partial charge in [-0.1, -0.05) is 25.1 Å². The van der Waals surface area contributed by atoms with Gasteiger partial charge in [0.2, 0.25) is 0 Å². The highest BCUT2D eigenvalue weighted by Crippen LogP contribution is 2.23. The summed E-state index contributed by atoms with van der Waals surface area (Å²) < 4.78 is 5.52. The third kappa shape index (κ3) is 3.98. The van der Waals surface area contributed by atoms with Gasteiger partial charge in [-0.05, 0) is 36.1 Å². The van der Waals surface area contributed by atoms with Crippen molar-refractivity contribution in [2.75, 3.05) is 6.61 Å². The van der Waals surface area contributed by atoms with Gasteiger partial charge < -0.3 is 15.7 Å². The van der Waals surface area contributed by atoms with Gasteiger partial charge in [0.25, 0.3) is 0 Å². The highest BCUT2D eigenvalue weighted by atomic mass is 16.5. The van der Waals surface area contributed by atoms with Gasteiger partial charge in [-0.25, -0.2) is 0 Å². The lowest BCUT2D eigenvalue weighted by atomic mass is 9.98. The second-order valence-electron chi connectivity index (χ2n) is 4.36. The SMILES string of the molecule is Cc1cc(OCC/C(N)=N/O)ccc1C(C)C. The van der Waals surface area contributed by atoms with Crippen LogP contribution in [0.25, 0.3) is 0 Å². The van der Waals surface area contributed by atoms with Crippen LogP contribution in [0.2, 0.25) is 0 Å². The Morgan fingerprint density at radius 1 is 1.47 bits per heavy atom. The summed E-state index contributed by atoms with van der Waals surface area (Å²) in [6, 6.07) is 6.05. The van der Waals surface area contributed by atoms with E-state index in [1.165, 1.54) is 11.1 Å². The molecule has 0 saturated heterocycles. The van der Waals surface area contributed by atoms with Gasteiger partial charge in [-0.15, -0.1) is 0 Å². The van der Waals surface area contributed by atoms with E-state index in [1.54, 1.807) is 0 Å².